The standard InChI is InChI=1S/C17H26N2O2/c1-3-19(15-7-5-14(18)6-8-15)12(2)13-4-9-16-17(10-13)21-11-20-16/h4,9-10,12,14-15H,3,5-8,11,18H2,1-2H3. The molecule has 21 heavy (non-hydrogen) atoms. The number of rotatable bonds is 4. The van der Waals surface area contributed by atoms with Crippen LogP contribution in [0.5, 0.6) is 11.5 Å². The lowest BCUT2D eigenvalue weighted by Crippen LogP contribution is -2.42. The van der Waals surface area contributed by atoms with Crippen molar-refractivity contribution in [3.63, 3.8) is 0 Å². The van der Waals surface area contributed by atoms with Gasteiger partial charge in [0.2, 0.25) is 6.79 Å². The lowest BCUT2D eigenvalue weighted by atomic mass is 9.89. The summed E-state index contributed by atoms with van der Waals surface area (Å²) in [6.07, 6.45) is 4.72. The third-order valence-electron chi connectivity index (χ3n) is 4.95. The summed E-state index contributed by atoms with van der Waals surface area (Å²) in [5.74, 6) is 1.73. The highest BCUT2D eigenvalue weighted by molar-refractivity contribution is 5.45. The van der Waals surface area contributed by atoms with Gasteiger partial charge in [-0.15, -0.1) is 0 Å². The van der Waals surface area contributed by atoms with E-state index in [1.807, 2.05) is 6.07 Å². The number of nitrogens with two attached hydrogens (primary N) is 1. The van der Waals surface area contributed by atoms with E-state index in [-0.39, 0.29) is 0 Å². The molecule has 1 fully saturated rings. The van der Waals surface area contributed by atoms with Gasteiger partial charge in [-0.05, 0) is 56.8 Å². The first-order valence-corrected chi connectivity index (χ1v) is 8.10. The molecule has 1 aromatic rings. The van der Waals surface area contributed by atoms with E-state index in [4.69, 9.17) is 15.2 Å². The Hall–Kier alpha value is -1.26. The van der Waals surface area contributed by atoms with Crippen molar-refractivity contribution in [3.8, 4) is 11.5 Å². The molecule has 3 rings (SSSR count). The van der Waals surface area contributed by atoms with Crippen LogP contribution in [0, 0.1) is 0 Å². The van der Waals surface area contributed by atoms with Crippen molar-refractivity contribution in [2.45, 2.75) is 57.7 Å². The minimum absolute atomic E-state index is 0.338. The molecule has 2 aliphatic rings. The van der Waals surface area contributed by atoms with Gasteiger partial charge in [0.25, 0.3) is 0 Å². The molecule has 2 N–H and O–H groups in total. The largest absolute Gasteiger partial charge is 0.454 e. The number of hydrogen-bond acceptors (Lipinski definition) is 4. The molecule has 0 spiro atoms. The second-order valence-corrected chi connectivity index (χ2v) is 6.19. The van der Waals surface area contributed by atoms with Gasteiger partial charge in [0.15, 0.2) is 11.5 Å². The van der Waals surface area contributed by atoms with Crippen LogP contribution in [0.25, 0.3) is 0 Å². The van der Waals surface area contributed by atoms with Gasteiger partial charge in [-0.3, -0.25) is 4.90 Å². The molecular formula is C17H26N2O2. The summed E-state index contributed by atoms with van der Waals surface area (Å²) in [4.78, 5) is 2.60. The minimum Gasteiger partial charge on any atom is -0.454 e. The molecule has 4 heteroatoms. The molecule has 1 aliphatic carbocycles. The molecule has 116 valence electrons. The average molecular weight is 290 g/mol. The summed E-state index contributed by atoms with van der Waals surface area (Å²) in [6.45, 7) is 5.94. The third kappa shape index (κ3) is 3.01. The summed E-state index contributed by atoms with van der Waals surface area (Å²) in [5.41, 5.74) is 7.34. The zero-order chi connectivity index (χ0) is 14.8. The van der Waals surface area contributed by atoms with Gasteiger partial charge in [0, 0.05) is 18.1 Å². The summed E-state index contributed by atoms with van der Waals surface area (Å²) in [7, 11) is 0. The Labute approximate surface area is 127 Å². The Morgan fingerprint density at radius 1 is 1.19 bits per heavy atom. The van der Waals surface area contributed by atoms with Crippen LogP contribution in [0.15, 0.2) is 18.2 Å². The molecule has 1 atom stereocenters. The van der Waals surface area contributed by atoms with Crippen LogP contribution in [0.1, 0.15) is 51.1 Å². The molecule has 4 nitrogen and oxygen atoms in total. The molecule has 1 saturated carbocycles. The van der Waals surface area contributed by atoms with Crippen LogP contribution in [0.2, 0.25) is 0 Å². The van der Waals surface area contributed by atoms with Crippen LogP contribution >= 0.6 is 0 Å². The molecule has 0 bridgehead atoms. The average Bonchev–Trinajstić information content (AvgIpc) is 2.97. The maximum Gasteiger partial charge on any atom is 0.231 e. The van der Waals surface area contributed by atoms with E-state index in [2.05, 4.69) is 30.9 Å². The summed E-state index contributed by atoms with van der Waals surface area (Å²) in [6, 6.07) is 7.76. The van der Waals surface area contributed by atoms with E-state index in [0.717, 1.165) is 30.9 Å². The first kappa shape index (κ1) is 14.7. The molecule has 1 heterocycles. The number of fused-ring (bicyclic) bond motifs is 1. The highest BCUT2D eigenvalue weighted by Gasteiger charge is 2.28. The Balaban J connectivity index is 1.74. The van der Waals surface area contributed by atoms with Crippen LogP contribution in [-0.2, 0) is 0 Å². The smallest absolute Gasteiger partial charge is 0.231 e. The lowest BCUT2D eigenvalue weighted by Gasteiger charge is -2.39. The molecule has 1 unspecified atom stereocenters. The van der Waals surface area contributed by atoms with E-state index < -0.39 is 0 Å². The van der Waals surface area contributed by atoms with Crippen molar-refractivity contribution in [3.05, 3.63) is 23.8 Å². The molecular weight excluding hydrogens is 264 g/mol. The highest BCUT2D eigenvalue weighted by Crippen LogP contribution is 2.36. The van der Waals surface area contributed by atoms with E-state index in [0.29, 0.717) is 24.9 Å². The van der Waals surface area contributed by atoms with Crippen molar-refractivity contribution in [1.82, 2.24) is 4.90 Å². The highest BCUT2D eigenvalue weighted by atomic mass is 16.7. The van der Waals surface area contributed by atoms with Gasteiger partial charge in [-0.1, -0.05) is 13.0 Å². The fraction of sp³-hybridized carbons (Fsp3) is 0.647. The molecule has 1 aromatic carbocycles. The van der Waals surface area contributed by atoms with Gasteiger partial charge in [0.05, 0.1) is 0 Å². The number of nitrogens with zero attached hydrogens (tertiary/aromatic N) is 1. The topological polar surface area (TPSA) is 47.7 Å². The van der Waals surface area contributed by atoms with E-state index in [1.54, 1.807) is 0 Å². The first-order chi connectivity index (χ1) is 10.2. The predicted octanol–water partition coefficient (Wildman–Crippen LogP) is 3.07. The second-order valence-electron chi connectivity index (χ2n) is 6.19. The van der Waals surface area contributed by atoms with Gasteiger partial charge in [-0.2, -0.15) is 0 Å². The first-order valence-electron chi connectivity index (χ1n) is 8.10. The SMILES string of the molecule is CCN(C1CCC(N)CC1)C(C)c1ccc2c(c1)OCO2. The Morgan fingerprint density at radius 3 is 2.62 bits per heavy atom. The van der Waals surface area contributed by atoms with Crippen molar-refractivity contribution in [2.75, 3.05) is 13.3 Å². The monoisotopic (exact) mass is 290 g/mol. The van der Waals surface area contributed by atoms with Gasteiger partial charge in [-0.25, -0.2) is 0 Å². The van der Waals surface area contributed by atoms with Crippen LogP contribution in [0.3, 0.4) is 0 Å². The predicted molar refractivity (Wildman–Crippen MR) is 83.6 cm³/mol. The molecule has 0 saturated heterocycles. The Morgan fingerprint density at radius 2 is 1.90 bits per heavy atom. The second kappa shape index (κ2) is 6.24. The minimum atomic E-state index is 0.338. The Bertz CT molecular complexity index is 484. The van der Waals surface area contributed by atoms with Crippen LogP contribution in [0.4, 0.5) is 0 Å². The number of hydrogen-bond donors (Lipinski definition) is 1. The molecule has 0 radical (unpaired) electrons. The van der Waals surface area contributed by atoms with E-state index in [1.165, 1.54) is 18.4 Å². The van der Waals surface area contributed by atoms with Crippen molar-refractivity contribution < 1.29 is 9.47 Å². The summed E-state index contributed by atoms with van der Waals surface area (Å²) < 4.78 is 10.9. The lowest BCUT2D eigenvalue weighted by molar-refractivity contribution is 0.114. The van der Waals surface area contributed by atoms with Crippen LogP contribution < -0.4 is 15.2 Å². The normalized spacial score (nSPS) is 26.1. The van der Waals surface area contributed by atoms with E-state index >= 15 is 0 Å². The zero-order valence-corrected chi connectivity index (χ0v) is 13.0. The van der Waals surface area contributed by atoms with Crippen molar-refractivity contribution in [2.24, 2.45) is 5.73 Å². The maximum absolute atomic E-state index is 6.04. The van der Waals surface area contributed by atoms with Crippen molar-refractivity contribution in [1.29, 1.82) is 0 Å². The number of benzene rings is 1. The van der Waals surface area contributed by atoms with Gasteiger partial charge < -0.3 is 15.2 Å². The maximum atomic E-state index is 6.04. The summed E-state index contributed by atoms with van der Waals surface area (Å²) >= 11 is 0. The Kier molecular flexibility index (Phi) is 4.36. The van der Waals surface area contributed by atoms with Gasteiger partial charge in [0.1, 0.15) is 0 Å². The summed E-state index contributed by atoms with van der Waals surface area (Å²) in [5, 5.41) is 0. The fourth-order valence-corrected chi connectivity index (χ4v) is 3.65. The number of ether oxygens (including phenoxy) is 2. The molecule has 0 aromatic heterocycles. The van der Waals surface area contributed by atoms with Gasteiger partial charge >= 0.3 is 0 Å². The quantitative estimate of drug-likeness (QED) is 0.926. The van der Waals surface area contributed by atoms with E-state index in [9.17, 15) is 0 Å². The zero-order valence-electron chi connectivity index (χ0n) is 13.0. The molecule has 0 amide bonds. The molecule has 1 aliphatic heterocycles. The third-order valence-corrected chi connectivity index (χ3v) is 4.95. The van der Waals surface area contributed by atoms with Crippen molar-refractivity contribution >= 4 is 0 Å². The fourth-order valence-electron chi connectivity index (χ4n) is 3.65. The van der Waals surface area contributed by atoms with Crippen LogP contribution in [-0.4, -0.2) is 30.3 Å².